The Labute approximate surface area is 139 Å². The van der Waals surface area contributed by atoms with Crippen LogP contribution in [0.25, 0.3) is 11.0 Å². The predicted molar refractivity (Wildman–Crippen MR) is 87.2 cm³/mol. The highest BCUT2D eigenvalue weighted by Crippen LogP contribution is 2.29. The Balaban J connectivity index is 1.78. The van der Waals surface area contributed by atoms with Crippen molar-refractivity contribution in [2.75, 3.05) is 20.7 Å². The number of ether oxygens (including phenoxy) is 1. The Hall–Kier alpha value is -2.83. The van der Waals surface area contributed by atoms with Gasteiger partial charge in [0.1, 0.15) is 11.3 Å². The van der Waals surface area contributed by atoms with Crippen molar-refractivity contribution in [1.82, 2.24) is 15.0 Å². The van der Waals surface area contributed by atoms with E-state index < -0.39 is 0 Å². The highest BCUT2D eigenvalue weighted by molar-refractivity contribution is 5.99. The number of furan rings is 1. The zero-order chi connectivity index (χ0) is 17.3. The van der Waals surface area contributed by atoms with Gasteiger partial charge in [-0.05, 0) is 19.1 Å². The molecule has 0 atom stereocenters. The number of rotatable bonds is 5. The molecule has 24 heavy (non-hydrogen) atoms. The molecule has 126 valence electrons. The molecule has 0 aliphatic rings. The molecule has 0 radical (unpaired) electrons. The Morgan fingerprint density at radius 3 is 2.79 bits per heavy atom. The molecule has 7 heteroatoms. The van der Waals surface area contributed by atoms with Crippen molar-refractivity contribution in [2.24, 2.45) is 0 Å². The van der Waals surface area contributed by atoms with Gasteiger partial charge in [-0.25, -0.2) is 0 Å². The molecule has 0 N–H and O–H groups in total. The van der Waals surface area contributed by atoms with Crippen LogP contribution in [-0.2, 0) is 6.42 Å². The second-order valence-electron chi connectivity index (χ2n) is 5.62. The van der Waals surface area contributed by atoms with Gasteiger partial charge in [0, 0.05) is 44.0 Å². The van der Waals surface area contributed by atoms with E-state index in [1.807, 2.05) is 19.1 Å². The topological polar surface area (TPSA) is 81.6 Å². The maximum absolute atomic E-state index is 12.7. The molecule has 0 aliphatic carbocycles. The average molecular weight is 329 g/mol. The number of likely N-dealkylation sites (N-methyl/N-ethyl adjacent to an activating group) is 1. The number of fused-ring (bicyclic) bond motifs is 1. The van der Waals surface area contributed by atoms with Gasteiger partial charge in [0.2, 0.25) is 5.89 Å². The molecule has 2 heterocycles. The first-order valence-electron chi connectivity index (χ1n) is 7.61. The number of nitrogens with zero attached hydrogens (tertiary/aromatic N) is 3. The van der Waals surface area contributed by atoms with Gasteiger partial charge in [0.25, 0.3) is 5.91 Å². The summed E-state index contributed by atoms with van der Waals surface area (Å²) in [4.78, 5) is 18.4. The monoisotopic (exact) mass is 329 g/mol. The third-order valence-corrected chi connectivity index (χ3v) is 3.93. The van der Waals surface area contributed by atoms with E-state index in [9.17, 15) is 4.79 Å². The standard InChI is InChI=1S/C17H19N3O4/c1-10-13-6-5-12(22-4)9-14(13)23-16(10)17(21)20(3)8-7-15-18-11(2)24-19-15/h5-6,9H,7-8H2,1-4H3. The number of aromatic nitrogens is 2. The fraction of sp³-hybridized carbons (Fsp3) is 0.353. The highest BCUT2D eigenvalue weighted by Gasteiger charge is 2.21. The van der Waals surface area contributed by atoms with Crippen LogP contribution in [0.15, 0.2) is 27.1 Å². The lowest BCUT2D eigenvalue weighted by atomic mass is 10.1. The molecule has 3 aromatic rings. The van der Waals surface area contributed by atoms with Gasteiger partial charge >= 0.3 is 0 Å². The summed E-state index contributed by atoms with van der Waals surface area (Å²) < 4.78 is 15.9. The number of carbonyl (C=O) groups is 1. The highest BCUT2D eigenvalue weighted by atomic mass is 16.5. The number of methoxy groups -OCH3 is 1. The van der Waals surface area contributed by atoms with Crippen LogP contribution >= 0.6 is 0 Å². The lowest BCUT2D eigenvalue weighted by molar-refractivity contribution is 0.0765. The first-order valence-corrected chi connectivity index (χ1v) is 7.61. The molecule has 0 fully saturated rings. The van der Waals surface area contributed by atoms with E-state index in [1.165, 1.54) is 0 Å². The fourth-order valence-corrected chi connectivity index (χ4v) is 2.52. The van der Waals surface area contributed by atoms with Crippen LogP contribution in [0.2, 0.25) is 0 Å². The first-order chi connectivity index (χ1) is 11.5. The normalized spacial score (nSPS) is 11.0. The van der Waals surface area contributed by atoms with Crippen molar-refractivity contribution in [3.63, 3.8) is 0 Å². The molecule has 7 nitrogen and oxygen atoms in total. The van der Waals surface area contributed by atoms with Crippen molar-refractivity contribution >= 4 is 16.9 Å². The molecule has 0 saturated carbocycles. The molecule has 0 aliphatic heterocycles. The maximum atomic E-state index is 12.7. The summed E-state index contributed by atoms with van der Waals surface area (Å²) in [6, 6.07) is 5.52. The van der Waals surface area contributed by atoms with Crippen LogP contribution in [0, 0.1) is 13.8 Å². The predicted octanol–water partition coefficient (Wildman–Crippen LogP) is 2.76. The van der Waals surface area contributed by atoms with Crippen LogP contribution in [0.3, 0.4) is 0 Å². The molecule has 3 rings (SSSR count). The van der Waals surface area contributed by atoms with Gasteiger partial charge < -0.3 is 18.6 Å². The Bertz CT molecular complexity index is 881. The van der Waals surface area contributed by atoms with Crippen LogP contribution in [0.1, 0.15) is 27.8 Å². The smallest absolute Gasteiger partial charge is 0.289 e. The molecule has 0 unspecified atom stereocenters. The van der Waals surface area contributed by atoms with Gasteiger partial charge in [0.05, 0.1) is 7.11 Å². The van der Waals surface area contributed by atoms with Crippen LogP contribution < -0.4 is 4.74 Å². The van der Waals surface area contributed by atoms with Gasteiger partial charge in [-0.2, -0.15) is 4.98 Å². The third kappa shape index (κ3) is 2.97. The lowest BCUT2D eigenvalue weighted by Gasteiger charge is -2.14. The molecule has 2 aromatic heterocycles. The zero-order valence-corrected chi connectivity index (χ0v) is 14.1. The van der Waals surface area contributed by atoms with Gasteiger partial charge in [-0.3, -0.25) is 4.79 Å². The number of benzene rings is 1. The molecule has 0 spiro atoms. The van der Waals surface area contributed by atoms with E-state index in [-0.39, 0.29) is 5.91 Å². The largest absolute Gasteiger partial charge is 0.497 e. The van der Waals surface area contributed by atoms with Crippen molar-refractivity contribution in [2.45, 2.75) is 20.3 Å². The molecule has 1 aromatic carbocycles. The van der Waals surface area contributed by atoms with Crippen LogP contribution in [-0.4, -0.2) is 41.6 Å². The zero-order valence-electron chi connectivity index (χ0n) is 14.1. The minimum absolute atomic E-state index is 0.178. The Morgan fingerprint density at radius 2 is 2.12 bits per heavy atom. The van der Waals surface area contributed by atoms with Gasteiger partial charge in [-0.1, -0.05) is 5.16 Å². The Kier molecular flexibility index (Phi) is 4.24. The summed E-state index contributed by atoms with van der Waals surface area (Å²) >= 11 is 0. The molecule has 0 bridgehead atoms. The number of amides is 1. The van der Waals surface area contributed by atoms with Crippen LogP contribution in [0.5, 0.6) is 5.75 Å². The number of hydrogen-bond donors (Lipinski definition) is 0. The summed E-state index contributed by atoms with van der Waals surface area (Å²) in [5.41, 5.74) is 1.46. The average Bonchev–Trinajstić information content (AvgIpc) is 3.15. The van der Waals surface area contributed by atoms with E-state index in [0.29, 0.717) is 41.8 Å². The number of aryl methyl sites for hydroxylation is 2. The minimum Gasteiger partial charge on any atom is -0.497 e. The van der Waals surface area contributed by atoms with Crippen molar-refractivity contribution in [3.05, 3.63) is 41.2 Å². The number of hydrogen-bond acceptors (Lipinski definition) is 6. The second-order valence-corrected chi connectivity index (χ2v) is 5.62. The fourth-order valence-electron chi connectivity index (χ4n) is 2.52. The summed E-state index contributed by atoms with van der Waals surface area (Å²) in [6.07, 6.45) is 0.521. The lowest BCUT2D eigenvalue weighted by Crippen LogP contribution is -2.29. The summed E-state index contributed by atoms with van der Waals surface area (Å²) in [7, 11) is 3.32. The summed E-state index contributed by atoms with van der Waals surface area (Å²) in [5, 5.41) is 4.73. The minimum atomic E-state index is -0.178. The molecule has 1 amide bonds. The maximum Gasteiger partial charge on any atom is 0.289 e. The van der Waals surface area contributed by atoms with Crippen molar-refractivity contribution < 1.29 is 18.5 Å². The quantitative estimate of drug-likeness (QED) is 0.716. The van der Waals surface area contributed by atoms with E-state index >= 15 is 0 Å². The van der Waals surface area contributed by atoms with Crippen LogP contribution in [0.4, 0.5) is 0 Å². The van der Waals surface area contributed by atoms with E-state index in [2.05, 4.69) is 10.1 Å². The Morgan fingerprint density at radius 1 is 1.33 bits per heavy atom. The number of carbonyl (C=O) groups excluding carboxylic acids is 1. The van der Waals surface area contributed by atoms with E-state index in [0.717, 1.165) is 10.9 Å². The second kappa shape index (κ2) is 6.35. The van der Waals surface area contributed by atoms with E-state index in [4.69, 9.17) is 13.7 Å². The first kappa shape index (κ1) is 16.0. The summed E-state index contributed by atoms with van der Waals surface area (Å²) in [5.74, 6) is 1.95. The van der Waals surface area contributed by atoms with Crippen molar-refractivity contribution in [3.8, 4) is 5.75 Å². The van der Waals surface area contributed by atoms with E-state index in [1.54, 1.807) is 32.0 Å². The summed E-state index contributed by atoms with van der Waals surface area (Å²) in [6.45, 7) is 4.08. The molecular weight excluding hydrogens is 310 g/mol. The molecular formula is C17H19N3O4. The van der Waals surface area contributed by atoms with Crippen molar-refractivity contribution in [1.29, 1.82) is 0 Å². The van der Waals surface area contributed by atoms with Gasteiger partial charge in [0.15, 0.2) is 11.6 Å². The molecule has 0 saturated heterocycles. The van der Waals surface area contributed by atoms with Gasteiger partial charge in [-0.15, -0.1) is 0 Å². The SMILES string of the molecule is COc1ccc2c(C)c(C(=O)N(C)CCc3noc(C)n3)oc2c1. The third-order valence-electron chi connectivity index (χ3n) is 3.93.